The lowest BCUT2D eigenvalue weighted by Gasteiger charge is -2.18. The lowest BCUT2D eigenvalue weighted by atomic mass is 10.0. The van der Waals surface area contributed by atoms with Crippen molar-refractivity contribution in [3.63, 3.8) is 0 Å². The molecule has 6 nitrogen and oxygen atoms in total. The lowest BCUT2D eigenvalue weighted by molar-refractivity contribution is -0.131. The molecule has 1 aromatic rings. The van der Waals surface area contributed by atoms with E-state index in [1.165, 1.54) is 13.2 Å². The SMILES string of the molecule is COc1c(Cl)cc(OC(=O)CP(=O)(O)O)c(C(C)C)c1Cl. The van der Waals surface area contributed by atoms with Crippen molar-refractivity contribution < 1.29 is 28.6 Å². The second kappa shape index (κ2) is 6.99. The van der Waals surface area contributed by atoms with E-state index in [4.69, 9.17) is 42.5 Å². The van der Waals surface area contributed by atoms with Crippen LogP contribution in [0.5, 0.6) is 11.5 Å². The van der Waals surface area contributed by atoms with Crippen molar-refractivity contribution in [3.05, 3.63) is 21.7 Å². The van der Waals surface area contributed by atoms with Gasteiger partial charge in [-0.25, -0.2) is 0 Å². The van der Waals surface area contributed by atoms with Gasteiger partial charge in [-0.3, -0.25) is 9.36 Å². The molecule has 1 rings (SSSR count). The molecule has 0 unspecified atom stereocenters. The summed E-state index contributed by atoms with van der Waals surface area (Å²) < 4.78 is 20.9. The van der Waals surface area contributed by atoms with Crippen molar-refractivity contribution >= 4 is 36.8 Å². The minimum absolute atomic E-state index is 0.0549. The highest BCUT2D eigenvalue weighted by Crippen LogP contribution is 2.44. The Bertz CT molecular complexity index is 596. The van der Waals surface area contributed by atoms with Crippen LogP contribution in [0.3, 0.4) is 0 Å². The number of ether oxygens (including phenoxy) is 2. The van der Waals surface area contributed by atoms with Gasteiger partial charge >= 0.3 is 13.6 Å². The zero-order chi connectivity index (χ0) is 16.4. The van der Waals surface area contributed by atoms with E-state index in [1.807, 2.05) is 13.8 Å². The number of halogens is 2. The molecule has 0 saturated heterocycles. The first-order valence-electron chi connectivity index (χ1n) is 5.88. The van der Waals surface area contributed by atoms with Gasteiger partial charge in [-0.2, -0.15) is 0 Å². The molecule has 2 N–H and O–H groups in total. The molecule has 118 valence electrons. The first kappa shape index (κ1) is 18.3. The fourth-order valence-corrected chi connectivity index (χ4v) is 2.94. The maximum absolute atomic E-state index is 11.5. The van der Waals surface area contributed by atoms with Crippen LogP contribution >= 0.6 is 30.8 Å². The molecule has 0 spiro atoms. The Morgan fingerprint density at radius 1 is 1.38 bits per heavy atom. The van der Waals surface area contributed by atoms with Gasteiger partial charge in [-0.1, -0.05) is 37.0 Å². The van der Waals surface area contributed by atoms with E-state index in [1.54, 1.807) is 0 Å². The number of carbonyl (C=O) groups is 1. The Kier molecular flexibility index (Phi) is 6.08. The van der Waals surface area contributed by atoms with Crippen molar-refractivity contribution in [2.24, 2.45) is 0 Å². The minimum atomic E-state index is -4.50. The predicted molar refractivity (Wildman–Crippen MR) is 79.6 cm³/mol. The topological polar surface area (TPSA) is 93.1 Å². The quantitative estimate of drug-likeness (QED) is 0.478. The second-order valence-electron chi connectivity index (χ2n) is 4.57. The van der Waals surface area contributed by atoms with Crippen molar-refractivity contribution in [2.75, 3.05) is 13.3 Å². The van der Waals surface area contributed by atoms with Crippen LogP contribution in [-0.4, -0.2) is 29.0 Å². The third kappa shape index (κ3) is 4.87. The zero-order valence-electron chi connectivity index (χ0n) is 11.6. The van der Waals surface area contributed by atoms with E-state index in [2.05, 4.69) is 0 Å². The normalized spacial score (nSPS) is 11.6. The van der Waals surface area contributed by atoms with E-state index < -0.39 is 19.7 Å². The third-order valence-corrected chi connectivity index (χ3v) is 3.84. The number of methoxy groups -OCH3 is 1. The van der Waals surface area contributed by atoms with Gasteiger partial charge in [0.2, 0.25) is 0 Å². The smallest absolute Gasteiger partial charge is 0.336 e. The molecule has 0 fully saturated rings. The number of carbonyl (C=O) groups excluding carboxylic acids is 1. The Labute approximate surface area is 132 Å². The summed E-state index contributed by atoms with van der Waals surface area (Å²) in [5.41, 5.74) is 0.469. The summed E-state index contributed by atoms with van der Waals surface area (Å²) in [6.07, 6.45) is -1.02. The van der Waals surface area contributed by atoms with Gasteiger partial charge in [0, 0.05) is 11.6 Å². The molecule has 9 heteroatoms. The number of hydrogen-bond acceptors (Lipinski definition) is 4. The van der Waals surface area contributed by atoms with Crippen LogP contribution in [0.4, 0.5) is 0 Å². The van der Waals surface area contributed by atoms with Crippen molar-refractivity contribution in [3.8, 4) is 11.5 Å². The van der Waals surface area contributed by atoms with Crippen molar-refractivity contribution in [2.45, 2.75) is 19.8 Å². The van der Waals surface area contributed by atoms with E-state index in [9.17, 15) is 9.36 Å². The zero-order valence-corrected chi connectivity index (χ0v) is 14.0. The van der Waals surface area contributed by atoms with Gasteiger partial charge in [-0.05, 0) is 5.92 Å². The van der Waals surface area contributed by atoms with Crippen molar-refractivity contribution in [1.82, 2.24) is 0 Å². The molecule has 0 amide bonds. The molecule has 21 heavy (non-hydrogen) atoms. The van der Waals surface area contributed by atoms with Crippen molar-refractivity contribution in [1.29, 1.82) is 0 Å². The Morgan fingerprint density at radius 2 is 1.95 bits per heavy atom. The molecule has 0 atom stereocenters. The summed E-state index contributed by atoms with van der Waals surface area (Å²) in [5.74, 6) is -0.889. The average molecular weight is 357 g/mol. The number of esters is 1. The molecule has 0 aliphatic heterocycles. The van der Waals surface area contributed by atoms with Gasteiger partial charge in [0.25, 0.3) is 0 Å². The molecule has 0 radical (unpaired) electrons. The maximum atomic E-state index is 11.5. The highest BCUT2D eigenvalue weighted by molar-refractivity contribution is 7.52. The Balaban J connectivity index is 3.24. The number of hydrogen-bond donors (Lipinski definition) is 2. The van der Waals surface area contributed by atoms with E-state index in [0.717, 1.165) is 0 Å². The minimum Gasteiger partial charge on any atom is -0.494 e. The molecule has 0 bridgehead atoms. The van der Waals surface area contributed by atoms with Gasteiger partial charge in [0.15, 0.2) is 5.75 Å². The summed E-state index contributed by atoms with van der Waals surface area (Å²) in [5, 5.41) is 0.324. The van der Waals surface area contributed by atoms with Gasteiger partial charge in [-0.15, -0.1) is 0 Å². The van der Waals surface area contributed by atoms with Gasteiger partial charge in [0.1, 0.15) is 11.9 Å². The van der Waals surface area contributed by atoms with E-state index >= 15 is 0 Å². The monoisotopic (exact) mass is 356 g/mol. The predicted octanol–water partition coefficient (Wildman–Crippen LogP) is 3.21. The highest BCUT2D eigenvalue weighted by Gasteiger charge is 2.25. The first-order chi connectivity index (χ1) is 9.56. The van der Waals surface area contributed by atoms with Crippen LogP contribution in [-0.2, 0) is 9.36 Å². The molecule has 0 aromatic heterocycles. The maximum Gasteiger partial charge on any atom is 0.336 e. The Hall–Kier alpha value is -0.780. The molecular weight excluding hydrogens is 342 g/mol. The van der Waals surface area contributed by atoms with Crippen LogP contribution in [0.2, 0.25) is 10.0 Å². The summed E-state index contributed by atoms with van der Waals surface area (Å²) in [6.45, 7) is 3.63. The Morgan fingerprint density at radius 3 is 2.38 bits per heavy atom. The highest BCUT2D eigenvalue weighted by atomic mass is 35.5. The van der Waals surface area contributed by atoms with E-state index in [-0.39, 0.29) is 27.5 Å². The summed E-state index contributed by atoms with van der Waals surface area (Å²) in [7, 11) is -3.10. The second-order valence-corrected chi connectivity index (χ2v) is 7.00. The van der Waals surface area contributed by atoms with Crippen LogP contribution < -0.4 is 9.47 Å². The van der Waals surface area contributed by atoms with Gasteiger partial charge in [0.05, 0.1) is 17.2 Å². The molecule has 0 aliphatic rings. The molecule has 0 heterocycles. The molecule has 0 aliphatic carbocycles. The summed E-state index contributed by atoms with van der Waals surface area (Å²) >= 11 is 12.2. The van der Waals surface area contributed by atoms with Crippen LogP contribution in [0.1, 0.15) is 25.3 Å². The lowest BCUT2D eigenvalue weighted by Crippen LogP contribution is -2.15. The number of benzene rings is 1. The fraction of sp³-hybridized carbons (Fsp3) is 0.417. The van der Waals surface area contributed by atoms with Gasteiger partial charge < -0.3 is 19.3 Å². The van der Waals surface area contributed by atoms with E-state index in [0.29, 0.717) is 5.56 Å². The summed E-state index contributed by atoms with van der Waals surface area (Å²) in [4.78, 5) is 29.1. The summed E-state index contributed by atoms with van der Waals surface area (Å²) in [6, 6.07) is 1.33. The fourth-order valence-electron chi connectivity index (χ4n) is 1.73. The standard InChI is InChI=1S/C12H15Cl2O6P/c1-6(2)10-8(20-9(15)5-21(16,17)18)4-7(13)12(19-3)11(10)14/h4,6H,5H2,1-3H3,(H2,16,17,18). The number of rotatable bonds is 5. The van der Waals surface area contributed by atoms with Crippen LogP contribution in [0.15, 0.2) is 6.07 Å². The first-order valence-corrected chi connectivity index (χ1v) is 8.43. The molecule has 1 aromatic carbocycles. The third-order valence-electron chi connectivity index (χ3n) is 2.52. The largest absolute Gasteiger partial charge is 0.494 e. The average Bonchev–Trinajstić information content (AvgIpc) is 2.25. The molecule has 0 saturated carbocycles. The molecular formula is C12H15Cl2O6P. The van der Waals surface area contributed by atoms with Crippen LogP contribution in [0.25, 0.3) is 0 Å². The van der Waals surface area contributed by atoms with Crippen LogP contribution in [0, 0.1) is 0 Å².